The molecule has 0 aliphatic carbocycles. The summed E-state index contributed by atoms with van der Waals surface area (Å²) in [5, 5.41) is 3.23. The van der Waals surface area contributed by atoms with Crippen LogP contribution in [0.4, 0.5) is 5.69 Å². The molecule has 0 saturated heterocycles. The first-order chi connectivity index (χ1) is 14.5. The Hall–Kier alpha value is -3.57. The van der Waals surface area contributed by atoms with Crippen LogP contribution in [0.2, 0.25) is 5.02 Å². The Kier molecular flexibility index (Phi) is 5.55. The average molecular weight is 419 g/mol. The number of hydrogen-bond acceptors (Lipinski definition) is 4. The van der Waals surface area contributed by atoms with Crippen LogP contribution in [0.3, 0.4) is 0 Å². The number of amides is 1. The molecule has 4 aromatic rings. The van der Waals surface area contributed by atoms with Gasteiger partial charge in [-0.25, -0.2) is 4.98 Å². The summed E-state index contributed by atoms with van der Waals surface area (Å²) in [5.41, 5.74) is 4.69. The second kappa shape index (κ2) is 8.43. The molecule has 3 aromatic carbocycles. The van der Waals surface area contributed by atoms with Gasteiger partial charge in [-0.05, 0) is 66.6 Å². The normalized spacial score (nSPS) is 11.2. The van der Waals surface area contributed by atoms with Crippen LogP contribution in [-0.4, -0.2) is 18.0 Å². The van der Waals surface area contributed by atoms with Crippen molar-refractivity contribution in [3.05, 3.63) is 82.9 Å². The molecule has 1 heterocycles. The van der Waals surface area contributed by atoms with Crippen LogP contribution in [0.15, 0.2) is 71.2 Å². The third-order valence-electron chi connectivity index (χ3n) is 4.56. The first kappa shape index (κ1) is 19.7. The minimum atomic E-state index is -0.293. The van der Waals surface area contributed by atoms with Gasteiger partial charge in [0.1, 0.15) is 11.3 Å². The number of carbonyl (C=O) groups excluding carboxylic acids is 1. The predicted octanol–water partition coefficient (Wildman–Crippen LogP) is 6.12. The smallest absolute Gasteiger partial charge is 0.248 e. The summed E-state index contributed by atoms with van der Waals surface area (Å²) in [6, 6.07) is 18.5. The highest BCUT2D eigenvalue weighted by Gasteiger charge is 2.12. The second-order valence-electron chi connectivity index (χ2n) is 6.78. The van der Waals surface area contributed by atoms with Gasteiger partial charge < -0.3 is 14.5 Å². The molecule has 0 fully saturated rings. The number of ether oxygens (including phenoxy) is 1. The van der Waals surface area contributed by atoms with Crippen molar-refractivity contribution in [3.8, 4) is 17.2 Å². The number of aromatic nitrogens is 1. The molecule has 0 atom stereocenters. The fraction of sp³-hybridized carbons (Fsp3) is 0.0833. The molecule has 0 bridgehead atoms. The van der Waals surface area contributed by atoms with Crippen molar-refractivity contribution in [2.45, 2.75) is 6.92 Å². The zero-order valence-corrected chi connectivity index (χ0v) is 17.2. The average Bonchev–Trinajstić information content (AvgIpc) is 3.17. The van der Waals surface area contributed by atoms with Gasteiger partial charge in [-0.2, -0.15) is 0 Å². The van der Waals surface area contributed by atoms with E-state index in [1.807, 2.05) is 55.5 Å². The van der Waals surface area contributed by atoms with Gasteiger partial charge in [0, 0.05) is 11.6 Å². The third kappa shape index (κ3) is 4.36. The molecule has 1 N–H and O–H groups in total. The van der Waals surface area contributed by atoms with E-state index in [0.29, 0.717) is 22.2 Å². The van der Waals surface area contributed by atoms with E-state index in [9.17, 15) is 4.79 Å². The number of benzene rings is 3. The largest absolute Gasteiger partial charge is 0.497 e. The monoisotopic (exact) mass is 418 g/mol. The van der Waals surface area contributed by atoms with Crippen molar-refractivity contribution in [2.75, 3.05) is 12.4 Å². The molecule has 4 rings (SSSR count). The van der Waals surface area contributed by atoms with E-state index in [0.717, 1.165) is 28.0 Å². The van der Waals surface area contributed by atoms with Gasteiger partial charge >= 0.3 is 0 Å². The van der Waals surface area contributed by atoms with Crippen LogP contribution in [0.25, 0.3) is 28.6 Å². The molecule has 0 aliphatic heterocycles. The number of nitrogens with zero attached hydrogens (tertiary/aromatic N) is 1. The summed E-state index contributed by atoms with van der Waals surface area (Å²) in [4.78, 5) is 16.9. The Balaban J connectivity index is 1.53. The fourth-order valence-corrected chi connectivity index (χ4v) is 3.14. The second-order valence-corrected chi connectivity index (χ2v) is 7.19. The van der Waals surface area contributed by atoms with Crippen molar-refractivity contribution in [2.24, 2.45) is 0 Å². The maximum Gasteiger partial charge on any atom is 0.248 e. The van der Waals surface area contributed by atoms with Crippen molar-refractivity contribution in [3.63, 3.8) is 0 Å². The highest BCUT2D eigenvalue weighted by atomic mass is 35.5. The van der Waals surface area contributed by atoms with E-state index in [2.05, 4.69) is 10.3 Å². The van der Waals surface area contributed by atoms with Crippen molar-refractivity contribution < 1.29 is 13.9 Å². The number of rotatable bonds is 5. The standard InChI is InChI=1S/C24H19ClN2O3/c1-15-3-11-22-21(13-15)27-24(30-22)17-7-10-19(25)20(14-17)26-23(28)12-6-16-4-8-18(29-2)9-5-16/h3-14H,1-2H3,(H,26,28)/b12-6+. The molecule has 1 aromatic heterocycles. The van der Waals surface area contributed by atoms with Crippen LogP contribution >= 0.6 is 11.6 Å². The maximum absolute atomic E-state index is 12.4. The summed E-state index contributed by atoms with van der Waals surface area (Å²) in [6.45, 7) is 2.00. The Labute approximate surface area is 179 Å². The molecule has 0 spiro atoms. The Morgan fingerprint density at radius 1 is 1.10 bits per heavy atom. The molecule has 30 heavy (non-hydrogen) atoms. The molecule has 0 aliphatic rings. The van der Waals surface area contributed by atoms with E-state index >= 15 is 0 Å². The first-order valence-electron chi connectivity index (χ1n) is 9.32. The minimum Gasteiger partial charge on any atom is -0.497 e. The quantitative estimate of drug-likeness (QED) is 0.397. The lowest BCUT2D eigenvalue weighted by Gasteiger charge is -2.06. The van der Waals surface area contributed by atoms with E-state index in [1.54, 1.807) is 25.3 Å². The zero-order valence-electron chi connectivity index (χ0n) is 16.5. The Morgan fingerprint density at radius 2 is 1.90 bits per heavy atom. The summed E-state index contributed by atoms with van der Waals surface area (Å²) in [6.07, 6.45) is 3.17. The predicted molar refractivity (Wildman–Crippen MR) is 120 cm³/mol. The molecule has 150 valence electrons. The van der Waals surface area contributed by atoms with Crippen molar-refractivity contribution in [1.29, 1.82) is 0 Å². The number of nitrogens with one attached hydrogen (secondary N) is 1. The van der Waals surface area contributed by atoms with Crippen LogP contribution in [0.1, 0.15) is 11.1 Å². The van der Waals surface area contributed by atoms with Crippen LogP contribution in [0.5, 0.6) is 5.75 Å². The minimum absolute atomic E-state index is 0.293. The first-order valence-corrected chi connectivity index (χ1v) is 9.70. The summed E-state index contributed by atoms with van der Waals surface area (Å²) in [5.74, 6) is 0.934. The molecule has 0 unspecified atom stereocenters. The summed E-state index contributed by atoms with van der Waals surface area (Å²) >= 11 is 6.27. The van der Waals surface area contributed by atoms with Gasteiger partial charge in [-0.1, -0.05) is 29.8 Å². The van der Waals surface area contributed by atoms with Gasteiger partial charge in [0.2, 0.25) is 11.8 Å². The molecule has 0 saturated carbocycles. The van der Waals surface area contributed by atoms with Crippen molar-refractivity contribution in [1.82, 2.24) is 4.98 Å². The molecule has 6 heteroatoms. The highest BCUT2D eigenvalue weighted by Crippen LogP contribution is 2.30. The number of methoxy groups -OCH3 is 1. The number of fused-ring (bicyclic) bond motifs is 1. The lowest BCUT2D eigenvalue weighted by Crippen LogP contribution is -2.08. The molecular formula is C24H19ClN2O3. The van der Waals surface area contributed by atoms with E-state index < -0.39 is 0 Å². The zero-order chi connectivity index (χ0) is 21.1. The lowest BCUT2D eigenvalue weighted by molar-refractivity contribution is -0.111. The van der Waals surface area contributed by atoms with Gasteiger partial charge in [-0.3, -0.25) is 4.79 Å². The van der Waals surface area contributed by atoms with Crippen molar-refractivity contribution >= 4 is 40.4 Å². The van der Waals surface area contributed by atoms with E-state index in [-0.39, 0.29) is 5.91 Å². The van der Waals surface area contributed by atoms with Crippen LogP contribution in [0, 0.1) is 6.92 Å². The maximum atomic E-state index is 12.4. The van der Waals surface area contributed by atoms with Gasteiger partial charge in [0.05, 0.1) is 17.8 Å². The Bertz CT molecular complexity index is 1240. The number of carbonyl (C=O) groups is 1. The summed E-state index contributed by atoms with van der Waals surface area (Å²) in [7, 11) is 1.61. The highest BCUT2D eigenvalue weighted by molar-refractivity contribution is 6.34. The SMILES string of the molecule is COc1ccc(/C=C/C(=O)Nc2cc(-c3nc4cc(C)ccc4o3)ccc2Cl)cc1. The van der Waals surface area contributed by atoms with Gasteiger partial charge in [0.25, 0.3) is 0 Å². The molecule has 5 nitrogen and oxygen atoms in total. The van der Waals surface area contributed by atoms with Gasteiger partial charge in [0.15, 0.2) is 5.58 Å². The molecular weight excluding hydrogens is 400 g/mol. The molecule has 1 amide bonds. The number of halogens is 1. The third-order valence-corrected chi connectivity index (χ3v) is 4.89. The number of oxazole rings is 1. The van der Waals surface area contributed by atoms with Crippen LogP contribution in [-0.2, 0) is 4.79 Å². The number of aryl methyl sites for hydroxylation is 1. The number of anilines is 1. The molecule has 0 radical (unpaired) electrons. The van der Waals surface area contributed by atoms with Gasteiger partial charge in [-0.15, -0.1) is 0 Å². The lowest BCUT2D eigenvalue weighted by atomic mass is 10.2. The number of hydrogen-bond donors (Lipinski definition) is 1. The topological polar surface area (TPSA) is 64.4 Å². The van der Waals surface area contributed by atoms with E-state index in [1.165, 1.54) is 6.08 Å². The Morgan fingerprint density at radius 3 is 2.67 bits per heavy atom. The van der Waals surface area contributed by atoms with Crippen LogP contribution < -0.4 is 10.1 Å². The van der Waals surface area contributed by atoms with E-state index in [4.69, 9.17) is 20.8 Å². The summed E-state index contributed by atoms with van der Waals surface area (Å²) < 4.78 is 11.0. The fourth-order valence-electron chi connectivity index (χ4n) is 2.98.